The maximum atomic E-state index is 12.7. The zero-order valence-electron chi connectivity index (χ0n) is 15.8. The lowest BCUT2D eigenvalue weighted by molar-refractivity contribution is -0.144. The van der Waals surface area contributed by atoms with E-state index in [4.69, 9.17) is 18.9 Å². The molecule has 0 spiro atoms. The van der Waals surface area contributed by atoms with Gasteiger partial charge in [-0.05, 0) is 26.0 Å². The smallest absolute Gasteiger partial charge is 0.333 e. The van der Waals surface area contributed by atoms with Crippen LogP contribution in [-0.2, 0) is 9.53 Å². The fourth-order valence-electron chi connectivity index (χ4n) is 2.61. The third-order valence-electron chi connectivity index (χ3n) is 3.93. The molecule has 26 heavy (non-hydrogen) atoms. The summed E-state index contributed by atoms with van der Waals surface area (Å²) in [6.07, 6.45) is 0. The average Bonchev–Trinajstić information content (AvgIpc) is 2.66. The van der Waals surface area contributed by atoms with E-state index in [0.717, 1.165) is 11.3 Å². The Morgan fingerprint density at radius 1 is 1.00 bits per heavy atom. The summed E-state index contributed by atoms with van der Waals surface area (Å²) in [6.45, 7) is 4.04. The minimum atomic E-state index is -0.798. The predicted molar refractivity (Wildman–Crippen MR) is 100 cm³/mol. The van der Waals surface area contributed by atoms with Crippen LogP contribution in [0, 0.1) is 6.92 Å². The van der Waals surface area contributed by atoms with Crippen molar-refractivity contribution < 1.29 is 23.7 Å². The van der Waals surface area contributed by atoms with Gasteiger partial charge in [0.15, 0.2) is 6.04 Å². The van der Waals surface area contributed by atoms with Gasteiger partial charge in [0.1, 0.15) is 17.2 Å². The van der Waals surface area contributed by atoms with Crippen molar-refractivity contribution in [1.29, 1.82) is 0 Å². The summed E-state index contributed by atoms with van der Waals surface area (Å²) in [4.78, 5) is 12.7. The van der Waals surface area contributed by atoms with Crippen LogP contribution in [0.1, 0.15) is 24.1 Å². The Morgan fingerprint density at radius 2 is 1.58 bits per heavy atom. The van der Waals surface area contributed by atoms with E-state index in [9.17, 15) is 4.79 Å². The lowest BCUT2D eigenvalue weighted by atomic mass is 10.0. The van der Waals surface area contributed by atoms with Crippen LogP contribution in [-0.4, -0.2) is 33.9 Å². The second-order valence-corrected chi connectivity index (χ2v) is 5.64. The Balaban J connectivity index is 2.53. The molecular formula is C20H25NO5. The van der Waals surface area contributed by atoms with Crippen LogP contribution in [0.3, 0.4) is 0 Å². The zero-order valence-corrected chi connectivity index (χ0v) is 15.8. The molecule has 0 aromatic heterocycles. The van der Waals surface area contributed by atoms with Gasteiger partial charge in [-0.15, -0.1) is 0 Å². The highest BCUT2D eigenvalue weighted by atomic mass is 16.5. The standard InChI is InChI=1S/C20H25NO5/c1-6-26-20(22)19(21-14-9-7-13(2)8-10-14)18-16(24-4)11-15(23-3)12-17(18)25-5/h7-12,19,21H,6H2,1-5H3. The highest BCUT2D eigenvalue weighted by Gasteiger charge is 2.30. The summed E-state index contributed by atoms with van der Waals surface area (Å²) in [6, 6.07) is 10.4. The molecule has 0 aliphatic heterocycles. The normalized spacial score (nSPS) is 11.4. The van der Waals surface area contributed by atoms with Gasteiger partial charge >= 0.3 is 5.97 Å². The molecule has 0 aliphatic rings. The molecule has 0 bridgehead atoms. The van der Waals surface area contributed by atoms with Crippen molar-refractivity contribution in [3.63, 3.8) is 0 Å². The maximum Gasteiger partial charge on any atom is 0.333 e. The minimum Gasteiger partial charge on any atom is -0.496 e. The third-order valence-corrected chi connectivity index (χ3v) is 3.93. The van der Waals surface area contributed by atoms with E-state index in [-0.39, 0.29) is 6.61 Å². The summed E-state index contributed by atoms with van der Waals surface area (Å²) >= 11 is 0. The van der Waals surface area contributed by atoms with Crippen LogP contribution >= 0.6 is 0 Å². The molecule has 1 unspecified atom stereocenters. The van der Waals surface area contributed by atoms with E-state index in [1.807, 2.05) is 31.2 Å². The van der Waals surface area contributed by atoms with Crippen molar-refractivity contribution in [2.75, 3.05) is 33.3 Å². The van der Waals surface area contributed by atoms with Crippen LogP contribution in [0.25, 0.3) is 0 Å². The Bertz CT molecular complexity index is 717. The first-order valence-electron chi connectivity index (χ1n) is 8.33. The van der Waals surface area contributed by atoms with Crippen LogP contribution in [0.15, 0.2) is 36.4 Å². The third kappa shape index (κ3) is 4.39. The van der Waals surface area contributed by atoms with E-state index in [0.29, 0.717) is 22.8 Å². The molecule has 0 saturated heterocycles. The van der Waals surface area contributed by atoms with E-state index in [1.54, 1.807) is 26.2 Å². The fourth-order valence-corrected chi connectivity index (χ4v) is 2.61. The second kappa shape index (κ2) is 8.99. The molecule has 1 atom stereocenters. The van der Waals surface area contributed by atoms with Gasteiger partial charge in [0, 0.05) is 17.8 Å². The molecule has 0 amide bonds. The lowest BCUT2D eigenvalue weighted by Crippen LogP contribution is -2.24. The largest absolute Gasteiger partial charge is 0.496 e. The number of carbonyl (C=O) groups excluding carboxylic acids is 1. The molecule has 0 radical (unpaired) electrons. The number of rotatable bonds is 8. The highest BCUT2D eigenvalue weighted by molar-refractivity contribution is 5.83. The van der Waals surface area contributed by atoms with Gasteiger partial charge in [-0.1, -0.05) is 17.7 Å². The summed E-state index contributed by atoms with van der Waals surface area (Å²) in [7, 11) is 4.62. The van der Waals surface area contributed by atoms with Crippen LogP contribution in [0.2, 0.25) is 0 Å². The SMILES string of the molecule is CCOC(=O)C(Nc1ccc(C)cc1)c1c(OC)cc(OC)cc1OC. The van der Waals surface area contributed by atoms with Gasteiger partial charge in [0.25, 0.3) is 0 Å². The molecule has 2 aromatic rings. The molecule has 0 saturated carbocycles. The van der Waals surface area contributed by atoms with Crippen LogP contribution < -0.4 is 19.5 Å². The molecule has 2 aromatic carbocycles. The van der Waals surface area contributed by atoms with Gasteiger partial charge in [0.05, 0.1) is 33.5 Å². The van der Waals surface area contributed by atoms with Crippen LogP contribution in [0.5, 0.6) is 17.2 Å². The molecule has 0 fully saturated rings. The van der Waals surface area contributed by atoms with Gasteiger partial charge in [0.2, 0.25) is 0 Å². The minimum absolute atomic E-state index is 0.270. The molecule has 6 heteroatoms. The zero-order chi connectivity index (χ0) is 19.1. The number of hydrogen-bond donors (Lipinski definition) is 1. The molecule has 2 rings (SSSR count). The number of nitrogens with one attached hydrogen (secondary N) is 1. The first-order chi connectivity index (χ1) is 12.5. The van der Waals surface area contributed by atoms with E-state index < -0.39 is 12.0 Å². The molecule has 6 nitrogen and oxygen atoms in total. The quantitative estimate of drug-likeness (QED) is 0.725. The number of benzene rings is 2. The van der Waals surface area contributed by atoms with Crippen molar-refractivity contribution in [1.82, 2.24) is 0 Å². The number of ether oxygens (including phenoxy) is 4. The summed E-state index contributed by atoms with van der Waals surface area (Å²) in [5.74, 6) is 1.09. The van der Waals surface area contributed by atoms with Gasteiger partial charge in [-0.3, -0.25) is 0 Å². The lowest BCUT2D eigenvalue weighted by Gasteiger charge is -2.23. The molecule has 0 aliphatic carbocycles. The first-order valence-corrected chi connectivity index (χ1v) is 8.33. The molecule has 140 valence electrons. The van der Waals surface area contributed by atoms with Crippen molar-refractivity contribution in [2.45, 2.75) is 19.9 Å². The van der Waals surface area contributed by atoms with Crippen molar-refractivity contribution in [3.05, 3.63) is 47.5 Å². The van der Waals surface area contributed by atoms with Crippen LogP contribution in [0.4, 0.5) is 5.69 Å². The second-order valence-electron chi connectivity index (χ2n) is 5.64. The van der Waals surface area contributed by atoms with E-state index in [2.05, 4.69) is 5.32 Å². The number of esters is 1. The Kier molecular flexibility index (Phi) is 6.72. The predicted octanol–water partition coefficient (Wildman–Crippen LogP) is 3.74. The maximum absolute atomic E-state index is 12.7. The monoisotopic (exact) mass is 359 g/mol. The van der Waals surface area contributed by atoms with Crippen molar-refractivity contribution in [3.8, 4) is 17.2 Å². The summed E-state index contributed by atoms with van der Waals surface area (Å²) in [5.41, 5.74) is 2.46. The van der Waals surface area contributed by atoms with Gasteiger partial charge in [-0.2, -0.15) is 0 Å². The van der Waals surface area contributed by atoms with E-state index in [1.165, 1.54) is 14.2 Å². The Labute approximate surface area is 154 Å². The average molecular weight is 359 g/mol. The summed E-state index contributed by atoms with van der Waals surface area (Å²) < 4.78 is 21.5. The highest BCUT2D eigenvalue weighted by Crippen LogP contribution is 2.40. The number of aryl methyl sites for hydroxylation is 1. The van der Waals surface area contributed by atoms with Crippen molar-refractivity contribution >= 4 is 11.7 Å². The molecular weight excluding hydrogens is 334 g/mol. The number of carbonyl (C=O) groups is 1. The molecule has 1 N–H and O–H groups in total. The van der Waals surface area contributed by atoms with Gasteiger partial charge < -0.3 is 24.3 Å². The summed E-state index contributed by atoms with van der Waals surface area (Å²) in [5, 5.41) is 3.22. The van der Waals surface area contributed by atoms with Gasteiger partial charge in [-0.25, -0.2) is 4.79 Å². The first kappa shape index (κ1) is 19.4. The topological polar surface area (TPSA) is 66.0 Å². The fraction of sp³-hybridized carbons (Fsp3) is 0.350. The molecule has 0 heterocycles. The number of hydrogen-bond acceptors (Lipinski definition) is 6. The van der Waals surface area contributed by atoms with E-state index >= 15 is 0 Å². The Morgan fingerprint density at radius 3 is 2.04 bits per heavy atom. The number of anilines is 1. The van der Waals surface area contributed by atoms with Crippen molar-refractivity contribution in [2.24, 2.45) is 0 Å². The Hall–Kier alpha value is -2.89. The number of methoxy groups -OCH3 is 3.